The van der Waals surface area contributed by atoms with E-state index >= 15 is 0 Å². The number of para-hydroxylation sites is 2. The van der Waals surface area contributed by atoms with Crippen LogP contribution < -0.4 is 0 Å². The molecule has 0 spiro atoms. The molecule has 1 N–H and O–H groups in total. The second kappa shape index (κ2) is 14.4. The maximum Gasteiger partial charge on any atom is 0.238 e. The molecule has 2 unspecified atom stereocenters. The van der Waals surface area contributed by atoms with Gasteiger partial charge in [-0.25, -0.2) is 4.98 Å². The first-order chi connectivity index (χ1) is 27.3. The lowest BCUT2D eigenvalue weighted by Crippen LogP contribution is -2.14. The predicted molar refractivity (Wildman–Crippen MR) is 245 cm³/mol. The van der Waals surface area contributed by atoms with Crippen molar-refractivity contribution in [3.8, 4) is 17.3 Å². The van der Waals surface area contributed by atoms with E-state index in [0.717, 1.165) is 62.1 Å². The minimum absolute atomic E-state index is 0.222. The van der Waals surface area contributed by atoms with Crippen molar-refractivity contribution >= 4 is 86.3 Å². The molecule has 0 aliphatic heterocycles. The quantitative estimate of drug-likeness (QED) is 0.102. The molecule has 268 valence electrons. The molecule has 0 saturated heterocycles. The van der Waals surface area contributed by atoms with Crippen LogP contribution in [0.15, 0.2) is 162 Å². The molecule has 4 aromatic carbocycles. The van der Waals surface area contributed by atoms with E-state index in [1.807, 2.05) is 61.7 Å². The molecule has 2 atom stereocenters. The fourth-order valence-electron chi connectivity index (χ4n) is 8.54. The maximum absolute atomic E-state index is 11.5. The Hall–Kier alpha value is -6.27. The third-order valence-electron chi connectivity index (χ3n) is 11.7. The first kappa shape index (κ1) is 35.4. The number of aliphatic hydroxyl groups is 1. The predicted octanol–water partition coefficient (Wildman–Crippen LogP) is 7.24. The lowest BCUT2D eigenvalue weighted by atomic mass is 9.68. The van der Waals surface area contributed by atoms with Crippen LogP contribution in [0.3, 0.4) is 0 Å². The molecule has 9 rings (SSSR count). The molecule has 0 amide bonds. The Morgan fingerprint density at radius 2 is 1.43 bits per heavy atom. The first-order valence-corrected chi connectivity index (χ1v) is 19.6. The number of benzene rings is 4. The summed E-state index contributed by atoms with van der Waals surface area (Å²) in [5.41, 5.74) is 9.76. The minimum atomic E-state index is 0.222. The number of hydrogen-bond donors (Lipinski definition) is 1. The number of rotatable bonds is 8. The van der Waals surface area contributed by atoms with Gasteiger partial charge in [0.2, 0.25) is 5.95 Å². The van der Waals surface area contributed by atoms with Gasteiger partial charge in [-0.1, -0.05) is 115 Å². The van der Waals surface area contributed by atoms with Crippen LogP contribution in [0.4, 0.5) is 0 Å². The zero-order chi connectivity index (χ0) is 38.5. The normalized spacial score (nSPS) is 17.8. The number of nitrogens with zero attached hydrogens (tertiary/aromatic N) is 5. The summed E-state index contributed by atoms with van der Waals surface area (Å²) in [5.74, 6) is 2.53. The highest BCUT2D eigenvalue weighted by Gasteiger charge is 2.26. The van der Waals surface area contributed by atoms with E-state index in [1.54, 1.807) is 0 Å². The monoisotopic (exact) mass is 723 g/mol. The van der Waals surface area contributed by atoms with Crippen molar-refractivity contribution in [2.24, 2.45) is 11.8 Å². The van der Waals surface area contributed by atoms with Crippen LogP contribution in [0.5, 0.6) is 0 Å². The molecule has 0 radical (unpaired) electrons. The summed E-state index contributed by atoms with van der Waals surface area (Å²) in [4.78, 5) is 15.5. The van der Waals surface area contributed by atoms with E-state index in [9.17, 15) is 5.11 Å². The van der Waals surface area contributed by atoms with Crippen LogP contribution in [0.2, 0.25) is 6.32 Å². The van der Waals surface area contributed by atoms with Crippen LogP contribution in [-0.4, -0.2) is 60.6 Å². The second-order valence-electron chi connectivity index (χ2n) is 15.0. The fraction of sp³-hybridized carbons (Fsp3) is 0.109. The second-order valence-corrected chi connectivity index (χ2v) is 15.0. The van der Waals surface area contributed by atoms with Crippen molar-refractivity contribution in [2.75, 3.05) is 0 Å². The Bertz CT molecular complexity index is 2930. The highest BCUT2D eigenvalue weighted by molar-refractivity contribution is 6.44. The lowest BCUT2D eigenvalue weighted by Gasteiger charge is -2.25. The standard InChI is InChI=1S/C46H41B4N5O/c1-27(48)41(49)42(50)40(38(56)26-47)45-51-44(29-15-6-3-7-16-29)52-46(53-45)55-36-22-11-9-20-34(36)39-37(55)24-23-33-32-19-8-10-21-35(32)54(43(33)39)31-18-12-17-30(25-31)28-13-4-2-5-14-28/h2-13,15-16,18-25,28,30,56H,1,14,17,26,47-50H2/b40-38-,42-41-. The molecule has 10 heteroatoms. The number of allylic oxidation sites excluding steroid dienone is 13. The average Bonchev–Trinajstić information content (AvgIpc) is 3.77. The molecular weight excluding hydrogens is 682 g/mol. The lowest BCUT2D eigenvalue weighted by molar-refractivity contribution is 0.417. The molecule has 0 bridgehead atoms. The van der Waals surface area contributed by atoms with Gasteiger partial charge in [0, 0.05) is 38.4 Å². The van der Waals surface area contributed by atoms with Gasteiger partial charge >= 0.3 is 0 Å². The summed E-state index contributed by atoms with van der Waals surface area (Å²) in [6.45, 7) is 4.20. The number of aliphatic hydroxyl groups excluding tert-OH is 1. The smallest absolute Gasteiger partial charge is 0.238 e. The van der Waals surface area contributed by atoms with Gasteiger partial charge in [0.25, 0.3) is 0 Å². The largest absolute Gasteiger partial charge is 0.512 e. The fourth-order valence-corrected chi connectivity index (χ4v) is 8.54. The van der Waals surface area contributed by atoms with Gasteiger partial charge in [0.15, 0.2) is 11.6 Å². The molecule has 6 nitrogen and oxygen atoms in total. The van der Waals surface area contributed by atoms with E-state index in [1.165, 1.54) is 22.0 Å². The molecule has 3 aromatic heterocycles. The zero-order valence-corrected chi connectivity index (χ0v) is 32.4. The third-order valence-corrected chi connectivity index (χ3v) is 11.7. The van der Waals surface area contributed by atoms with Gasteiger partial charge in [-0.3, -0.25) is 4.57 Å². The summed E-state index contributed by atoms with van der Waals surface area (Å²) in [6, 6.07) is 31.7. The highest BCUT2D eigenvalue weighted by Crippen LogP contribution is 2.43. The van der Waals surface area contributed by atoms with Crippen LogP contribution in [0.25, 0.3) is 72.2 Å². The van der Waals surface area contributed by atoms with Crippen molar-refractivity contribution in [3.63, 3.8) is 0 Å². The highest BCUT2D eigenvalue weighted by atomic mass is 16.3. The van der Waals surface area contributed by atoms with Gasteiger partial charge in [-0.2, -0.15) is 9.97 Å². The van der Waals surface area contributed by atoms with Gasteiger partial charge in [0.1, 0.15) is 31.4 Å². The number of hydrogen-bond acceptors (Lipinski definition) is 4. The van der Waals surface area contributed by atoms with Gasteiger partial charge < -0.3 is 9.67 Å². The Labute approximate surface area is 330 Å². The molecule has 2 aliphatic rings. The van der Waals surface area contributed by atoms with E-state index in [2.05, 4.69) is 119 Å². The minimum Gasteiger partial charge on any atom is -0.512 e. The topological polar surface area (TPSA) is 68.8 Å². The van der Waals surface area contributed by atoms with Crippen molar-refractivity contribution in [3.05, 3.63) is 168 Å². The van der Waals surface area contributed by atoms with Crippen LogP contribution >= 0.6 is 0 Å². The number of aromatic nitrogens is 5. The van der Waals surface area contributed by atoms with Crippen molar-refractivity contribution in [1.82, 2.24) is 24.1 Å². The van der Waals surface area contributed by atoms with Crippen molar-refractivity contribution in [2.45, 2.75) is 19.2 Å². The maximum atomic E-state index is 11.5. The third kappa shape index (κ3) is 5.92. The SMILES string of the molecule is BC/C(O)=C(\C(B)=C(\B)C(B)=C)c1nc(-c2ccccc2)nc(-n2c3ccccc3c3c4c(ccc32)c2ccccc2n4C2=CC(C3C=CC=CC3)CC=C2)n1. The number of fused-ring (bicyclic) bond motifs is 7. The van der Waals surface area contributed by atoms with Crippen molar-refractivity contribution < 1.29 is 5.11 Å². The van der Waals surface area contributed by atoms with Crippen molar-refractivity contribution in [1.29, 1.82) is 0 Å². The average molecular weight is 723 g/mol. The van der Waals surface area contributed by atoms with Crippen LogP contribution in [0.1, 0.15) is 18.7 Å². The van der Waals surface area contributed by atoms with E-state index < -0.39 is 0 Å². The van der Waals surface area contributed by atoms with E-state index in [4.69, 9.17) is 15.0 Å². The van der Waals surface area contributed by atoms with Gasteiger partial charge in [0.05, 0.1) is 27.8 Å². The molecule has 56 heavy (non-hydrogen) atoms. The van der Waals surface area contributed by atoms with E-state index in [-0.39, 0.29) is 5.76 Å². The summed E-state index contributed by atoms with van der Waals surface area (Å²) in [7, 11) is 7.96. The van der Waals surface area contributed by atoms with E-state index in [0.29, 0.717) is 41.3 Å². The molecule has 0 saturated carbocycles. The summed E-state index contributed by atoms with van der Waals surface area (Å²) >= 11 is 0. The molecular formula is C46H41B4N5O. The summed E-state index contributed by atoms with van der Waals surface area (Å²) in [5, 5.41) is 16.2. The van der Waals surface area contributed by atoms with Gasteiger partial charge in [-0.15, -0.1) is 17.5 Å². The first-order valence-electron chi connectivity index (χ1n) is 19.6. The Morgan fingerprint density at radius 3 is 2.16 bits per heavy atom. The van der Waals surface area contributed by atoms with Crippen LogP contribution in [-0.2, 0) is 0 Å². The summed E-state index contributed by atoms with van der Waals surface area (Å²) < 4.78 is 4.64. The Kier molecular flexibility index (Phi) is 9.13. The zero-order valence-electron chi connectivity index (χ0n) is 32.4. The summed E-state index contributed by atoms with van der Waals surface area (Å²) in [6.07, 6.45) is 18.6. The molecule has 0 fully saturated rings. The molecule has 3 heterocycles. The molecule has 2 aliphatic carbocycles. The Morgan fingerprint density at radius 1 is 0.714 bits per heavy atom. The molecule has 7 aromatic rings. The Balaban J connectivity index is 1.37. The van der Waals surface area contributed by atoms with Crippen LogP contribution in [0, 0.1) is 11.8 Å². The van der Waals surface area contributed by atoms with Gasteiger partial charge in [-0.05, 0) is 55.3 Å².